The maximum Gasteiger partial charge on any atom is 0.332 e. The van der Waals surface area contributed by atoms with Crippen LogP contribution in [-0.4, -0.2) is 36.4 Å². The van der Waals surface area contributed by atoms with E-state index in [9.17, 15) is 4.79 Å². The predicted molar refractivity (Wildman–Crippen MR) is 39.5 cm³/mol. The van der Waals surface area contributed by atoms with Gasteiger partial charge in [-0.2, -0.15) is 0 Å². The summed E-state index contributed by atoms with van der Waals surface area (Å²) in [6.07, 6.45) is 0.318. The Balaban J connectivity index is 2.23. The van der Waals surface area contributed by atoms with Gasteiger partial charge in [0.2, 0.25) is 0 Å². The van der Waals surface area contributed by atoms with Crippen molar-refractivity contribution in [1.29, 1.82) is 0 Å². The summed E-state index contributed by atoms with van der Waals surface area (Å²) in [6, 6.07) is 0. The average molecular weight is 159 g/mol. The number of ether oxygens (including phenoxy) is 1. The summed E-state index contributed by atoms with van der Waals surface area (Å²) in [5.74, 6) is -0.892. The second-order valence-corrected chi connectivity index (χ2v) is 2.73. The number of carboxylic acid groups (broad SMARTS) is 1. The number of aliphatic carboxylic acids is 1. The first-order valence-corrected chi connectivity index (χ1v) is 3.79. The Morgan fingerprint density at radius 3 is 3.00 bits per heavy atom. The molecule has 1 aliphatic heterocycles. The van der Waals surface area contributed by atoms with Crippen molar-refractivity contribution >= 4 is 5.97 Å². The first-order chi connectivity index (χ1) is 5.20. The van der Waals surface area contributed by atoms with E-state index in [4.69, 9.17) is 9.84 Å². The molecule has 0 saturated carbocycles. The van der Waals surface area contributed by atoms with Crippen molar-refractivity contribution in [2.75, 3.05) is 13.1 Å². The number of hydrogen-bond acceptors (Lipinski definition) is 3. The van der Waals surface area contributed by atoms with Crippen molar-refractivity contribution < 1.29 is 14.6 Å². The molecular formula is C7H13NO3. The molecule has 0 aromatic rings. The van der Waals surface area contributed by atoms with Crippen LogP contribution in [0.25, 0.3) is 0 Å². The highest BCUT2D eigenvalue weighted by atomic mass is 16.5. The van der Waals surface area contributed by atoms with Gasteiger partial charge in [0, 0.05) is 6.54 Å². The van der Waals surface area contributed by atoms with E-state index in [-0.39, 0.29) is 6.10 Å². The van der Waals surface area contributed by atoms with Gasteiger partial charge in [0.05, 0.1) is 6.10 Å². The van der Waals surface area contributed by atoms with Crippen molar-refractivity contribution in [1.82, 2.24) is 5.32 Å². The molecule has 0 bridgehead atoms. The third-order valence-electron chi connectivity index (χ3n) is 1.76. The van der Waals surface area contributed by atoms with E-state index in [0.29, 0.717) is 0 Å². The minimum Gasteiger partial charge on any atom is -0.479 e. The average Bonchev–Trinajstić information content (AvgIpc) is 2.39. The Kier molecular flexibility index (Phi) is 2.84. The van der Waals surface area contributed by atoms with Crippen LogP contribution >= 0.6 is 0 Å². The van der Waals surface area contributed by atoms with Gasteiger partial charge in [-0.25, -0.2) is 4.79 Å². The lowest BCUT2D eigenvalue weighted by Crippen LogP contribution is -2.27. The SMILES string of the molecule is CC(OC1CCNC1)C(=O)O. The Morgan fingerprint density at radius 1 is 1.82 bits per heavy atom. The maximum absolute atomic E-state index is 10.3. The zero-order valence-electron chi connectivity index (χ0n) is 6.54. The summed E-state index contributed by atoms with van der Waals surface area (Å²) < 4.78 is 5.21. The standard InChI is InChI=1S/C7H13NO3/c1-5(7(9)10)11-6-2-3-8-4-6/h5-6,8H,2-4H2,1H3,(H,9,10). The van der Waals surface area contributed by atoms with Crippen LogP contribution in [0.1, 0.15) is 13.3 Å². The van der Waals surface area contributed by atoms with Gasteiger partial charge in [-0.3, -0.25) is 0 Å². The van der Waals surface area contributed by atoms with Gasteiger partial charge < -0.3 is 15.2 Å². The van der Waals surface area contributed by atoms with Gasteiger partial charge in [-0.15, -0.1) is 0 Å². The topological polar surface area (TPSA) is 58.6 Å². The Labute approximate surface area is 65.5 Å². The van der Waals surface area contributed by atoms with Crippen molar-refractivity contribution in [3.05, 3.63) is 0 Å². The van der Waals surface area contributed by atoms with Gasteiger partial charge in [0.25, 0.3) is 0 Å². The van der Waals surface area contributed by atoms with Crippen LogP contribution in [0.3, 0.4) is 0 Å². The summed E-state index contributed by atoms with van der Waals surface area (Å²) in [5, 5.41) is 11.6. The molecule has 2 unspecified atom stereocenters. The van der Waals surface area contributed by atoms with Crippen LogP contribution < -0.4 is 5.32 Å². The number of hydrogen-bond donors (Lipinski definition) is 2. The predicted octanol–water partition coefficient (Wildman–Crippen LogP) is -0.162. The van der Waals surface area contributed by atoms with Crippen molar-refractivity contribution in [3.8, 4) is 0 Å². The highest BCUT2D eigenvalue weighted by Crippen LogP contribution is 2.06. The third-order valence-corrected chi connectivity index (χ3v) is 1.76. The summed E-state index contributed by atoms with van der Waals surface area (Å²) in [5.41, 5.74) is 0. The molecule has 0 radical (unpaired) electrons. The lowest BCUT2D eigenvalue weighted by Gasteiger charge is -2.13. The lowest BCUT2D eigenvalue weighted by molar-refractivity contribution is -0.152. The minimum atomic E-state index is -0.892. The van der Waals surface area contributed by atoms with Gasteiger partial charge in [-0.05, 0) is 19.9 Å². The van der Waals surface area contributed by atoms with Gasteiger partial charge in [0.15, 0.2) is 6.10 Å². The van der Waals surface area contributed by atoms with E-state index in [0.717, 1.165) is 19.5 Å². The third kappa shape index (κ3) is 2.48. The second kappa shape index (κ2) is 3.69. The van der Waals surface area contributed by atoms with Crippen LogP contribution in [0, 0.1) is 0 Å². The zero-order chi connectivity index (χ0) is 8.27. The number of carbonyl (C=O) groups is 1. The zero-order valence-corrected chi connectivity index (χ0v) is 6.54. The molecule has 1 aliphatic rings. The van der Waals surface area contributed by atoms with E-state index in [1.54, 1.807) is 6.92 Å². The molecule has 0 aromatic carbocycles. The molecule has 11 heavy (non-hydrogen) atoms. The molecule has 0 amide bonds. The van der Waals surface area contributed by atoms with E-state index in [1.807, 2.05) is 0 Å². The number of carboxylic acids is 1. The van der Waals surface area contributed by atoms with Crippen LogP contribution in [0.5, 0.6) is 0 Å². The smallest absolute Gasteiger partial charge is 0.332 e. The van der Waals surface area contributed by atoms with Crippen molar-refractivity contribution in [2.45, 2.75) is 25.6 Å². The largest absolute Gasteiger partial charge is 0.479 e. The molecule has 1 saturated heterocycles. The molecule has 0 aromatic heterocycles. The summed E-state index contributed by atoms with van der Waals surface area (Å²) in [7, 11) is 0. The molecule has 4 nitrogen and oxygen atoms in total. The molecule has 1 fully saturated rings. The Hall–Kier alpha value is -0.610. The summed E-state index contributed by atoms with van der Waals surface area (Å²) in [6.45, 7) is 3.26. The Bertz CT molecular complexity index is 143. The fourth-order valence-corrected chi connectivity index (χ4v) is 1.09. The first-order valence-electron chi connectivity index (χ1n) is 3.79. The van der Waals surface area contributed by atoms with Crippen molar-refractivity contribution in [2.24, 2.45) is 0 Å². The highest BCUT2D eigenvalue weighted by molar-refractivity contribution is 5.71. The molecule has 2 atom stereocenters. The van der Waals surface area contributed by atoms with Gasteiger partial charge >= 0.3 is 5.97 Å². The summed E-state index contributed by atoms with van der Waals surface area (Å²) >= 11 is 0. The lowest BCUT2D eigenvalue weighted by atomic mass is 10.3. The molecule has 1 rings (SSSR count). The van der Waals surface area contributed by atoms with Gasteiger partial charge in [-0.1, -0.05) is 0 Å². The summed E-state index contributed by atoms with van der Waals surface area (Å²) in [4.78, 5) is 10.3. The fourth-order valence-electron chi connectivity index (χ4n) is 1.09. The van der Waals surface area contributed by atoms with E-state index < -0.39 is 12.1 Å². The molecule has 1 heterocycles. The monoisotopic (exact) mass is 159 g/mol. The maximum atomic E-state index is 10.3. The van der Waals surface area contributed by atoms with Crippen LogP contribution in [0.15, 0.2) is 0 Å². The van der Waals surface area contributed by atoms with Crippen molar-refractivity contribution in [3.63, 3.8) is 0 Å². The number of rotatable bonds is 3. The van der Waals surface area contributed by atoms with Crippen LogP contribution in [0.4, 0.5) is 0 Å². The fraction of sp³-hybridized carbons (Fsp3) is 0.857. The van der Waals surface area contributed by atoms with Crippen LogP contribution in [0.2, 0.25) is 0 Å². The molecule has 0 aliphatic carbocycles. The Morgan fingerprint density at radius 2 is 2.55 bits per heavy atom. The molecule has 64 valence electrons. The second-order valence-electron chi connectivity index (χ2n) is 2.73. The molecular weight excluding hydrogens is 146 g/mol. The van der Waals surface area contributed by atoms with Gasteiger partial charge in [0.1, 0.15) is 0 Å². The quantitative estimate of drug-likeness (QED) is 0.600. The first kappa shape index (κ1) is 8.49. The molecule has 4 heteroatoms. The van der Waals surface area contributed by atoms with E-state index >= 15 is 0 Å². The van der Waals surface area contributed by atoms with Crippen LogP contribution in [-0.2, 0) is 9.53 Å². The minimum absolute atomic E-state index is 0.0844. The number of nitrogens with one attached hydrogen (secondary N) is 1. The normalized spacial score (nSPS) is 26.8. The highest BCUT2D eigenvalue weighted by Gasteiger charge is 2.20. The molecule has 0 spiro atoms. The van der Waals surface area contributed by atoms with E-state index in [1.165, 1.54) is 0 Å². The molecule has 2 N–H and O–H groups in total. The van der Waals surface area contributed by atoms with E-state index in [2.05, 4.69) is 5.32 Å².